The minimum Gasteiger partial charge on any atom is -0.355 e. The summed E-state index contributed by atoms with van der Waals surface area (Å²) in [5.41, 5.74) is 0. The van der Waals surface area contributed by atoms with Crippen LogP contribution in [0.4, 0.5) is 0 Å². The van der Waals surface area contributed by atoms with E-state index < -0.39 is 0 Å². The molecule has 0 amide bonds. The molecule has 0 aromatic rings. The summed E-state index contributed by atoms with van der Waals surface area (Å²) in [7, 11) is 0.341. The molecule has 0 aromatic heterocycles. The predicted molar refractivity (Wildman–Crippen MR) is 84.7 cm³/mol. The Morgan fingerprint density at radius 1 is 1.26 bits per heavy atom. The van der Waals surface area contributed by atoms with Crippen molar-refractivity contribution in [3.63, 3.8) is 0 Å². The highest BCUT2D eigenvalue weighted by Gasteiger charge is 2.13. The van der Waals surface area contributed by atoms with Crippen molar-refractivity contribution in [2.45, 2.75) is 59.5 Å². The fourth-order valence-corrected chi connectivity index (χ4v) is 2.86. The number of rotatable bonds is 11. The Morgan fingerprint density at radius 3 is 2.42 bits per heavy atom. The lowest BCUT2D eigenvalue weighted by molar-refractivity contribution is -0.110. The van der Waals surface area contributed by atoms with Gasteiger partial charge in [0.05, 0.1) is 15.6 Å². The van der Waals surface area contributed by atoms with E-state index in [1.54, 1.807) is 0 Å². The molecule has 1 atom stereocenters. The van der Waals surface area contributed by atoms with Crippen molar-refractivity contribution < 1.29 is 14.1 Å². The molecule has 0 heterocycles. The van der Waals surface area contributed by atoms with Crippen molar-refractivity contribution in [3.8, 4) is 0 Å². The molecule has 0 spiro atoms. The van der Waals surface area contributed by atoms with E-state index in [4.69, 9.17) is 9.26 Å². The van der Waals surface area contributed by atoms with Crippen LogP contribution >= 0.6 is 20.7 Å². The normalized spacial score (nSPS) is 12.4. The highest BCUT2D eigenvalue weighted by atomic mass is 32.2. The standard InChI is InChI=1S/C13H28NO3PS/c1-6-13(15)19-9-7-8-16-10-17-18-14(11(2)3)12(4)5/h11-12,18H,6-10H2,1-5H3. The van der Waals surface area contributed by atoms with Gasteiger partial charge in [0.2, 0.25) is 0 Å². The quantitative estimate of drug-likeness (QED) is 0.331. The van der Waals surface area contributed by atoms with Gasteiger partial charge in [-0.15, -0.1) is 0 Å². The van der Waals surface area contributed by atoms with E-state index in [0.717, 1.165) is 12.2 Å². The zero-order valence-electron chi connectivity index (χ0n) is 12.8. The van der Waals surface area contributed by atoms with E-state index in [1.165, 1.54) is 11.8 Å². The highest BCUT2D eigenvalue weighted by molar-refractivity contribution is 8.13. The van der Waals surface area contributed by atoms with Crippen molar-refractivity contribution in [2.75, 3.05) is 19.2 Å². The molecule has 114 valence electrons. The van der Waals surface area contributed by atoms with Crippen LogP contribution in [-0.2, 0) is 14.1 Å². The molecular formula is C13H28NO3PS. The van der Waals surface area contributed by atoms with E-state index in [2.05, 4.69) is 32.4 Å². The van der Waals surface area contributed by atoms with E-state index in [-0.39, 0.29) is 5.12 Å². The van der Waals surface area contributed by atoms with Crippen molar-refractivity contribution in [2.24, 2.45) is 0 Å². The third-order valence-corrected chi connectivity index (χ3v) is 5.00. The van der Waals surface area contributed by atoms with Crippen LogP contribution in [0.1, 0.15) is 47.5 Å². The van der Waals surface area contributed by atoms with Gasteiger partial charge in [0.1, 0.15) is 0 Å². The van der Waals surface area contributed by atoms with Crippen LogP contribution in [0.3, 0.4) is 0 Å². The van der Waals surface area contributed by atoms with Crippen LogP contribution in [-0.4, -0.2) is 41.0 Å². The summed E-state index contributed by atoms with van der Waals surface area (Å²) in [6.45, 7) is 11.5. The molecular weight excluding hydrogens is 281 g/mol. The van der Waals surface area contributed by atoms with Gasteiger partial charge in [-0.05, 0) is 34.1 Å². The summed E-state index contributed by atoms with van der Waals surface area (Å²) < 4.78 is 13.2. The smallest absolute Gasteiger partial charge is 0.188 e. The minimum atomic E-state index is 0.252. The summed E-state index contributed by atoms with van der Waals surface area (Å²) in [5.74, 6) is 0.832. The molecule has 0 radical (unpaired) electrons. The molecule has 0 bridgehead atoms. The zero-order valence-corrected chi connectivity index (χ0v) is 14.6. The second-order valence-corrected chi connectivity index (χ2v) is 6.92. The lowest BCUT2D eigenvalue weighted by atomic mass is 10.3. The number of carbonyl (C=O) groups is 1. The van der Waals surface area contributed by atoms with Gasteiger partial charge in [-0.3, -0.25) is 9.46 Å². The van der Waals surface area contributed by atoms with Crippen LogP contribution in [0.25, 0.3) is 0 Å². The average molecular weight is 309 g/mol. The molecule has 0 aliphatic rings. The first-order valence-corrected chi connectivity index (χ1v) is 8.72. The van der Waals surface area contributed by atoms with Gasteiger partial charge in [-0.1, -0.05) is 18.7 Å². The summed E-state index contributed by atoms with van der Waals surface area (Å²) >= 11 is 1.39. The topological polar surface area (TPSA) is 38.8 Å². The highest BCUT2D eigenvalue weighted by Crippen LogP contribution is 2.25. The Labute approximate surface area is 123 Å². The second-order valence-electron chi connectivity index (χ2n) is 4.78. The molecule has 0 rings (SSSR count). The summed E-state index contributed by atoms with van der Waals surface area (Å²) in [6, 6.07) is 0.963. The van der Waals surface area contributed by atoms with E-state index in [1.807, 2.05) is 6.92 Å². The SMILES string of the molecule is CCC(=O)SCCCOCOPN(C(C)C)C(C)C. The first kappa shape index (κ1) is 19.3. The number of ether oxygens (including phenoxy) is 1. The zero-order chi connectivity index (χ0) is 14.7. The Hall–Kier alpha value is 0.330. The molecule has 0 N–H and O–H groups in total. The van der Waals surface area contributed by atoms with Crippen molar-refractivity contribution >= 4 is 25.8 Å². The van der Waals surface area contributed by atoms with Crippen molar-refractivity contribution in [3.05, 3.63) is 0 Å². The number of thioether (sulfide) groups is 1. The number of hydrogen-bond donors (Lipinski definition) is 0. The molecule has 0 saturated heterocycles. The van der Waals surface area contributed by atoms with Crippen LogP contribution in [0.5, 0.6) is 0 Å². The lowest BCUT2D eigenvalue weighted by Gasteiger charge is -2.29. The minimum absolute atomic E-state index is 0.252. The largest absolute Gasteiger partial charge is 0.355 e. The van der Waals surface area contributed by atoms with Gasteiger partial charge in [0.15, 0.2) is 11.9 Å². The first-order chi connectivity index (χ1) is 8.99. The third kappa shape index (κ3) is 10.7. The fraction of sp³-hybridized carbons (Fsp3) is 0.923. The number of nitrogens with zero attached hydrogens (tertiary/aromatic N) is 1. The molecule has 0 aromatic carbocycles. The Kier molecular flexibility index (Phi) is 12.3. The maximum atomic E-state index is 11.0. The predicted octanol–water partition coefficient (Wildman–Crippen LogP) is 3.66. The molecule has 4 nitrogen and oxygen atoms in total. The van der Waals surface area contributed by atoms with E-state index >= 15 is 0 Å². The lowest BCUT2D eigenvalue weighted by Crippen LogP contribution is -2.29. The van der Waals surface area contributed by atoms with Gasteiger partial charge in [0, 0.05) is 24.3 Å². The van der Waals surface area contributed by atoms with Crippen molar-refractivity contribution in [1.82, 2.24) is 4.67 Å². The second kappa shape index (κ2) is 12.1. The monoisotopic (exact) mass is 309 g/mol. The summed E-state index contributed by atoms with van der Waals surface area (Å²) in [5, 5.41) is 0.252. The molecule has 6 heteroatoms. The van der Waals surface area contributed by atoms with Gasteiger partial charge in [-0.25, -0.2) is 0 Å². The molecule has 0 aliphatic carbocycles. The maximum absolute atomic E-state index is 11.0. The van der Waals surface area contributed by atoms with Gasteiger partial charge >= 0.3 is 0 Å². The van der Waals surface area contributed by atoms with Crippen molar-refractivity contribution in [1.29, 1.82) is 0 Å². The Morgan fingerprint density at radius 2 is 1.89 bits per heavy atom. The van der Waals surface area contributed by atoms with E-state index in [0.29, 0.717) is 40.9 Å². The number of carbonyl (C=O) groups excluding carboxylic acids is 1. The van der Waals surface area contributed by atoms with Gasteiger partial charge < -0.3 is 9.26 Å². The first-order valence-electron chi connectivity index (χ1n) is 6.88. The Bertz CT molecular complexity index is 232. The van der Waals surface area contributed by atoms with Crippen LogP contribution in [0.15, 0.2) is 0 Å². The van der Waals surface area contributed by atoms with Gasteiger partial charge in [-0.2, -0.15) is 0 Å². The third-order valence-electron chi connectivity index (χ3n) is 2.41. The summed E-state index contributed by atoms with van der Waals surface area (Å²) in [4.78, 5) is 11.0. The molecule has 19 heavy (non-hydrogen) atoms. The molecule has 1 unspecified atom stereocenters. The van der Waals surface area contributed by atoms with Crippen LogP contribution in [0.2, 0.25) is 0 Å². The van der Waals surface area contributed by atoms with Gasteiger partial charge in [0.25, 0.3) is 0 Å². The van der Waals surface area contributed by atoms with Crippen LogP contribution < -0.4 is 0 Å². The molecule has 0 aliphatic heterocycles. The Balaban J connectivity index is 3.42. The van der Waals surface area contributed by atoms with Crippen LogP contribution in [0, 0.1) is 0 Å². The maximum Gasteiger partial charge on any atom is 0.188 e. The summed E-state index contributed by atoms with van der Waals surface area (Å²) in [6.07, 6.45) is 1.50. The average Bonchev–Trinajstić information content (AvgIpc) is 2.35. The molecule has 0 saturated carbocycles. The molecule has 0 fully saturated rings. The fourth-order valence-electron chi connectivity index (χ4n) is 1.46. The number of hydrogen-bond acceptors (Lipinski definition) is 5. The van der Waals surface area contributed by atoms with E-state index in [9.17, 15) is 4.79 Å².